The average Bonchev–Trinajstić information content (AvgIpc) is 3.21. The Hall–Kier alpha value is -3.23. The zero-order valence-electron chi connectivity index (χ0n) is 17.2. The highest BCUT2D eigenvalue weighted by atomic mass is 32.2. The number of nitrogens with one attached hydrogen (secondary N) is 1. The number of pyridine rings is 1. The summed E-state index contributed by atoms with van der Waals surface area (Å²) in [6, 6.07) is 17.7. The maximum absolute atomic E-state index is 12.7. The van der Waals surface area contributed by atoms with Gasteiger partial charge in [0.05, 0.1) is 5.75 Å². The number of carbonyl (C=O) groups is 1. The van der Waals surface area contributed by atoms with Gasteiger partial charge in [0.2, 0.25) is 5.91 Å². The number of aromatic nitrogens is 4. The van der Waals surface area contributed by atoms with Gasteiger partial charge >= 0.3 is 0 Å². The molecule has 2 heterocycles. The molecule has 1 amide bonds. The zero-order valence-corrected chi connectivity index (χ0v) is 18.0. The molecule has 1 N–H and O–H groups in total. The van der Waals surface area contributed by atoms with Gasteiger partial charge in [0, 0.05) is 49.3 Å². The molecule has 0 spiro atoms. The number of anilines is 1. The topological polar surface area (TPSA) is 81.9 Å². The second-order valence-electron chi connectivity index (χ2n) is 6.90. The summed E-state index contributed by atoms with van der Waals surface area (Å²) >= 11 is 1.37. The lowest BCUT2D eigenvalue weighted by molar-refractivity contribution is -0.113. The summed E-state index contributed by atoms with van der Waals surface area (Å²) in [4.78, 5) is 16.7. The number of carbonyl (C=O) groups excluding carboxylic acids is 1. The van der Waals surface area contributed by atoms with Crippen LogP contribution in [0.15, 0.2) is 72.1 Å². The van der Waals surface area contributed by atoms with E-state index in [1.54, 1.807) is 19.5 Å². The van der Waals surface area contributed by atoms with Gasteiger partial charge in [-0.05, 0) is 30.0 Å². The highest BCUT2D eigenvalue weighted by molar-refractivity contribution is 7.99. The lowest BCUT2D eigenvalue weighted by Gasteiger charge is -2.11. The highest BCUT2D eigenvalue weighted by Crippen LogP contribution is 2.26. The number of fused-ring (bicyclic) bond motifs is 1. The molecule has 0 saturated carbocycles. The van der Waals surface area contributed by atoms with Crippen LogP contribution in [0.5, 0.6) is 0 Å². The van der Waals surface area contributed by atoms with Gasteiger partial charge in [-0.3, -0.25) is 9.78 Å². The van der Waals surface area contributed by atoms with Gasteiger partial charge in [-0.25, -0.2) is 0 Å². The molecule has 0 aliphatic heterocycles. The van der Waals surface area contributed by atoms with Crippen LogP contribution in [0.1, 0.15) is 6.42 Å². The van der Waals surface area contributed by atoms with E-state index < -0.39 is 0 Å². The molecular formula is C23H23N5O2S. The molecule has 0 aliphatic rings. The van der Waals surface area contributed by atoms with E-state index in [-0.39, 0.29) is 11.7 Å². The predicted molar refractivity (Wildman–Crippen MR) is 123 cm³/mol. The average molecular weight is 434 g/mol. The van der Waals surface area contributed by atoms with E-state index in [1.807, 2.05) is 59.2 Å². The largest absolute Gasteiger partial charge is 0.385 e. The van der Waals surface area contributed by atoms with Gasteiger partial charge in [-0.1, -0.05) is 48.2 Å². The number of amides is 1. The van der Waals surface area contributed by atoms with E-state index in [2.05, 4.69) is 20.5 Å². The molecule has 4 rings (SSSR count). The first-order valence-electron chi connectivity index (χ1n) is 9.99. The van der Waals surface area contributed by atoms with E-state index in [0.717, 1.165) is 34.3 Å². The van der Waals surface area contributed by atoms with Crippen LogP contribution in [0.4, 0.5) is 5.69 Å². The van der Waals surface area contributed by atoms with Crippen molar-refractivity contribution in [3.63, 3.8) is 0 Å². The van der Waals surface area contributed by atoms with Crippen molar-refractivity contribution in [1.82, 2.24) is 19.7 Å². The number of nitrogens with zero attached hydrogens (tertiary/aromatic N) is 4. The Kier molecular flexibility index (Phi) is 6.91. The van der Waals surface area contributed by atoms with Crippen molar-refractivity contribution in [3.8, 4) is 11.4 Å². The van der Waals surface area contributed by atoms with Gasteiger partial charge in [0.25, 0.3) is 0 Å². The molecule has 0 saturated heterocycles. The maximum Gasteiger partial charge on any atom is 0.234 e. The molecule has 7 nitrogen and oxygen atoms in total. The summed E-state index contributed by atoms with van der Waals surface area (Å²) < 4.78 is 7.22. The summed E-state index contributed by atoms with van der Waals surface area (Å²) in [5.74, 6) is 0.913. The number of hydrogen-bond donors (Lipinski definition) is 1. The summed E-state index contributed by atoms with van der Waals surface area (Å²) in [5.41, 5.74) is 1.75. The second-order valence-corrected chi connectivity index (χ2v) is 7.85. The van der Waals surface area contributed by atoms with E-state index in [4.69, 9.17) is 4.74 Å². The summed E-state index contributed by atoms with van der Waals surface area (Å²) in [5, 5.41) is 14.5. The number of benzene rings is 2. The van der Waals surface area contributed by atoms with Crippen molar-refractivity contribution >= 4 is 34.1 Å². The molecule has 2 aromatic heterocycles. The molecular weight excluding hydrogens is 410 g/mol. The molecule has 4 aromatic rings. The minimum atomic E-state index is -0.0849. The Balaban J connectivity index is 1.48. The molecule has 0 bridgehead atoms. The third-order valence-corrected chi connectivity index (χ3v) is 5.75. The lowest BCUT2D eigenvalue weighted by Crippen LogP contribution is -2.15. The molecule has 8 heteroatoms. The van der Waals surface area contributed by atoms with Crippen molar-refractivity contribution < 1.29 is 9.53 Å². The quantitative estimate of drug-likeness (QED) is 0.314. The van der Waals surface area contributed by atoms with Crippen molar-refractivity contribution in [2.75, 3.05) is 24.8 Å². The van der Waals surface area contributed by atoms with Crippen molar-refractivity contribution in [2.45, 2.75) is 18.1 Å². The van der Waals surface area contributed by atoms with E-state index in [9.17, 15) is 4.79 Å². The van der Waals surface area contributed by atoms with Gasteiger partial charge in [-0.2, -0.15) is 0 Å². The van der Waals surface area contributed by atoms with Crippen LogP contribution >= 0.6 is 11.8 Å². The maximum atomic E-state index is 12.7. The number of ether oxygens (including phenoxy) is 1. The highest BCUT2D eigenvalue weighted by Gasteiger charge is 2.16. The van der Waals surface area contributed by atoms with Crippen LogP contribution in [-0.2, 0) is 16.1 Å². The predicted octanol–water partition coefficient (Wildman–Crippen LogP) is 4.26. The molecule has 158 valence electrons. The van der Waals surface area contributed by atoms with E-state index in [1.165, 1.54) is 11.8 Å². The van der Waals surface area contributed by atoms with Gasteiger partial charge in [0.1, 0.15) is 0 Å². The number of methoxy groups -OCH3 is 1. The molecule has 0 unspecified atom stereocenters. The van der Waals surface area contributed by atoms with Crippen LogP contribution in [0.2, 0.25) is 0 Å². The summed E-state index contributed by atoms with van der Waals surface area (Å²) in [7, 11) is 1.68. The van der Waals surface area contributed by atoms with E-state index in [0.29, 0.717) is 18.3 Å². The Morgan fingerprint density at radius 3 is 2.71 bits per heavy atom. The smallest absolute Gasteiger partial charge is 0.234 e. The van der Waals surface area contributed by atoms with Crippen LogP contribution < -0.4 is 5.32 Å². The summed E-state index contributed by atoms with van der Waals surface area (Å²) in [6.07, 6.45) is 4.28. The van der Waals surface area contributed by atoms with Gasteiger partial charge in [0.15, 0.2) is 11.0 Å². The minimum Gasteiger partial charge on any atom is -0.385 e. The van der Waals surface area contributed by atoms with Crippen molar-refractivity contribution in [1.29, 1.82) is 0 Å². The zero-order chi connectivity index (χ0) is 21.5. The van der Waals surface area contributed by atoms with Crippen molar-refractivity contribution in [3.05, 3.63) is 67.0 Å². The van der Waals surface area contributed by atoms with Crippen LogP contribution in [0, 0.1) is 0 Å². The molecule has 31 heavy (non-hydrogen) atoms. The Morgan fingerprint density at radius 2 is 1.87 bits per heavy atom. The molecule has 0 aliphatic carbocycles. The monoisotopic (exact) mass is 433 g/mol. The fourth-order valence-electron chi connectivity index (χ4n) is 3.33. The fourth-order valence-corrected chi connectivity index (χ4v) is 4.09. The Morgan fingerprint density at radius 1 is 1.06 bits per heavy atom. The number of hydrogen-bond acceptors (Lipinski definition) is 6. The fraction of sp³-hybridized carbons (Fsp3) is 0.217. The molecule has 0 fully saturated rings. The first kappa shape index (κ1) is 21.0. The second kappa shape index (κ2) is 10.2. The normalized spacial score (nSPS) is 11.0. The molecule has 2 aromatic carbocycles. The van der Waals surface area contributed by atoms with Gasteiger partial charge < -0.3 is 14.6 Å². The Labute approximate surface area is 184 Å². The molecule has 0 radical (unpaired) electrons. The van der Waals surface area contributed by atoms with E-state index >= 15 is 0 Å². The van der Waals surface area contributed by atoms with Crippen LogP contribution in [-0.4, -0.2) is 45.1 Å². The van der Waals surface area contributed by atoms with Gasteiger partial charge in [-0.15, -0.1) is 10.2 Å². The first-order chi connectivity index (χ1) is 15.3. The minimum absolute atomic E-state index is 0.0849. The Bertz CT molecular complexity index is 1160. The van der Waals surface area contributed by atoms with Crippen molar-refractivity contribution in [2.24, 2.45) is 0 Å². The number of rotatable bonds is 9. The summed E-state index contributed by atoms with van der Waals surface area (Å²) in [6.45, 7) is 1.34. The SMILES string of the molecule is COCCCn1c(SCC(=O)Nc2cccc3ccccc23)nnc1-c1ccncc1. The lowest BCUT2D eigenvalue weighted by atomic mass is 10.1. The van der Waals surface area contributed by atoms with Crippen LogP contribution in [0.25, 0.3) is 22.2 Å². The third kappa shape index (κ3) is 5.10. The standard InChI is InChI=1S/C23H23N5O2S/c1-30-15-5-14-28-22(18-10-12-24-13-11-18)26-27-23(28)31-16-21(29)25-20-9-4-7-17-6-2-3-8-19(17)20/h2-4,6-13H,5,14-16H2,1H3,(H,25,29). The third-order valence-electron chi connectivity index (χ3n) is 4.78. The molecule has 0 atom stereocenters. The first-order valence-corrected chi connectivity index (χ1v) is 11.0. The number of thioether (sulfide) groups is 1. The van der Waals surface area contributed by atoms with Crippen LogP contribution in [0.3, 0.4) is 0 Å².